The van der Waals surface area contributed by atoms with Crippen LogP contribution in [0.2, 0.25) is 5.02 Å². The molecule has 1 unspecified atom stereocenters. The van der Waals surface area contributed by atoms with E-state index in [1.165, 1.54) is 0 Å². The zero-order valence-electron chi connectivity index (χ0n) is 9.89. The molecule has 0 amide bonds. The van der Waals surface area contributed by atoms with Gasteiger partial charge in [0.2, 0.25) is 0 Å². The first-order valence-corrected chi connectivity index (χ1v) is 5.85. The zero-order chi connectivity index (χ0) is 12.4. The van der Waals surface area contributed by atoms with Crippen molar-refractivity contribution in [3.63, 3.8) is 0 Å². The fraction of sp³-hybridized carbons (Fsp3) is 0.308. The molecule has 0 aliphatic carbocycles. The molecule has 0 saturated carbocycles. The summed E-state index contributed by atoms with van der Waals surface area (Å²) in [6.07, 6.45) is 3.42. The van der Waals surface area contributed by atoms with Crippen LogP contribution >= 0.6 is 11.6 Å². The molecule has 2 aromatic rings. The molecule has 1 aromatic heterocycles. The van der Waals surface area contributed by atoms with Gasteiger partial charge in [0, 0.05) is 30.3 Å². The highest BCUT2D eigenvalue weighted by Gasteiger charge is 2.12. The van der Waals surface area contributed by atoms with E-state index in [1.54, 1.807) is 10.9 Å². The molecule has 0 aliphatic rings. The first-order chi connectivity index (χ1) is 8.06. The lowest BCUT2D eigenvalue weighted by atomic mass is 10.0. The van der Waals surface area contributed by atoms with Crippen molar-refractivity contribution in [2.45, 2.75) is 19.4 Å². The highest BCUT2D eigenvalue weighted by atomic mass is 35.5. The minimum atomic E-state index is -0.566. The maximum atomic E-state index is 10.1. The lowest BCUT2D eigenvalue weighted by Crippen LogP contribution is -2.01. The number of aliphatic hydroxyl groups is 1. The van der Waals surface area contributed by atoms with Gasteiger partial charge >= 0.3 is 0 Å². The van der Waals surface area contributed by atoms with Crippen LogP contribution in [0.3, 0.4) is 0 Å². The standard InChI is InChI=1S/C13H15ClN2O/c1-9-3-4-10(12(14)5-9)6-13(17)11-7-15-16(2)8-11/h3-5,7-8,13,17H,6H2,1-2H3. The molecule has 1 heterocycles. The summed E-state index contributed by atoms with van der Waals surface area (Å²) in [5.74, 6) is 0. The van der Waals surface area contributed by atoms with Crippen molar-refractivity contribution in [1.29, 1.82) is 0 Å². The Morgan fingerprint density at radius 1 is 1.47 bits per heavy atom. The number of benzene rings is 1. The molecule has 0 saturated heterocycles. The monoisotopic (exact) mass is 250 g/mol. The number of rotatable bonds is 3. The molecule has 17 heavy (non-hydrogen) atoms. The first kappa shape index (κ1) is 12.1. The van der Waals surface area contributed by atoms with E-state index >= 15 is 0 Å². The van der Waals surface area contributed by atoms with Crippen LogP contribution < -0.4 is 0 Å². The molecule has 0 aliphatic heterocycles. The second-order valence-electron chi connectivity index (χ2n) is 4.26. The van der Waals surface area contributed by atoms with Crippen LogP contribution in [0.4, 0.5) is 0 Å². The number of nitrogens with zero attached hydrogens (tertiary/aromatic N) is 2. The minimum absolute atomic E-state index is 0.505. The van der Waals surface area contributed by atoms with Gasteiger partial charge < -0.3 is 5.11 Å². The van der Waals surface area contributed by atoms with Gasteiger partial charge in [0.25, 0.3) is 0 Å². The summed E-state index contributed by atoms with van der Waals surface area (Å²) in [4.78, 5) is 0. The second kappa shape index (κ2) is 4.90. The van der Waals surface area contributed by atoms with Gasteiger partial charge in [-0.1, -0.05) is 23.7 Å². The molecule has 1 N–H and O–H groups in total. The summed E-state index contributed by atoms with van der Waals surface area (Å²) in [5.41, 5.74) is 2.88. The SMILES string of the molecule is Cc1ccc(CC(O)c2cnn(C)c2)c(Cl)c1. The lowest BCUT2D eigenvalue weighted by Gasteiger charge is -2.10. The smallest absolute Gasteiger partial charge is 0.0861 e. The molecule has 1 aromatic carbocycles. The summed E-state index contributed by atoms with van der Waals surface area (Å²) in [5, 5.41) is 14.8. The summed E-state index contributed by atoms with van der Waals surface area (Å²) < 4.78 is 1.68. The molecule has 0 radical (unpaired) electrons. The molecule has 0 bridgehead atoms. The van der Waals surface area contributed by atoms with E-state index in [1.807, 2.05) is 38.4 Å². The Morgan fingerprint density at radius 3 is 2.82 bits per heavy atom. The van der Waals surface area contributed by atoms with Crippen molar-refractivity contribution in [2.75, 3.05) is 0 Å². The molecule has 90 valence electrons. The van der Waals surface area contributed by atoms with E-state index < -0.39 is 6.10 Å². The number of aryl methyl sites for hydroxylation is 2. The fourth-order valence-corrected chi connectivity index (χ4v) is 2.07. The summed E-state index contributed by atoms with van der Waals surface area (Å²) >= 11 is 6.13. The van der Waals surface area contributed by atoms with Gasteiger partial charge in [-0.15, -0.1) is 0 Å². The van der Waals surface area contributed by atoms with E-state index in [0.29, 0.717) is 11.4 Å². The Bertz CT molecular complexity index is 522. The van der Waals surface area contributed by atoms with Crippen LogP contribution in [-0.4, -0.2) is 14.9 Å². The third kappa shape index (κ3) is 2.87. The summed E-state index contributed by atoms with van der Waals surface area (Å²) in [6.45, 7) is 1.99. The molecule has 4 heteroatoms. The maximum absolute atomic E-state index is 10.1. The van der Waals surface area contributed by atoms with E-state index in [2.05, 4.69) is 5.10 Å². The molecular weight excluding hydrogens is 236 g/mol. The van der Waals surface area contributed by atoms with E-state index in [-0.39, 0.29) is 0 Å². The molecule has 1 atom stereocenters. The average molecular weight is 251 g/mol. The molecule has 3 nitrogen and oxygen atoms in total. The first-order valence-electron chi connectivity index (χ1n) is 5.48. The predicted molar refractivity (Wildman–Crippen MR) is 68.1 cm³/mol. The van der Waals surface area contributed by atoms with Crippen LogP contribution in [0.15, 0.2) is 30.6 Å². The van der Waals surface area contributed by atoms with Crippen LogP contribution in [0.25, 0.3) is 0 Å². The number of aliphatic hydroxyl groups excluding tert-OH is 1. The molecule has 0 fully saturated rings. The number of aromatic nitrogens is 2. The Hall–Kier alpha value is -1.32. The fourth-order valence-electron chi connectivity index (χ4n) is 1.76. The van der Waals surface area contributed by atoms with Crippen LogP contribution in [0, 0.1) is 6.92 Å². The van der Waals surface area contributed by atoms with Crippen molar-refractivity contribution >= 4 is 11.6 Å². The Labute approximate surface area is 106 Å². The van der Waals surface area contributed by atoms with Crippen LogP contribution in [0.1, 0.15) is 22.8 Å². The van der Waals surface area contributed by atoms with Gasteiger partial charge in [-0.05, 0) is 24.1 Å². The Kier molecular flexibility index (Phi) is 3.50. The third-order valence-corrected chi connectivity index (χ3v) is 3.08. The van der Waals surface area contributed by atoms with Gasteiger partial charge in [-0.25, -0.2) is 0 Å². The third-order valence-electron chi connectivity index (χ3n) is 2.73. The van der Waals surface area contributed by atoms with E-state index in [9.17, 15) is 5.11 Å². The number of halogens is 1. The molecule has 2 rings (SSSR count). The summed E-state index contributed by atoms with van der Waals surface area (Å²) in [6, 6.07) is 5.86. The minimum Gasteiger partial charge on any atom is -0.388 e. The second-order valence-corrected chi connectivity index (χ2v) is 4.67. The normalized spacial score (nSPS) is 12.7. The topological polar surface area (TPSA) is 38.1 Å². The highest BCUT2D eigenvalue weighted by molar-refractivity contribution is 6.31. The predicted octanol–water partition coefficient (Wildman–Crippen LogP) is 2.66. The zero-order valence-corrected chi connectivity index (χ0v) is 10.6. The van der Waals surface area contributed by atoms with Gasteiger partial charge in [0.15, 0.2) is 0 Å². The Balaban J connectivity index is 2.15. The van der Waals surface area contributed by atoms with Crippen LogP contribution in [-0.2, 0) is 13.5 Å². The number of hydrogen-bond donors (Lipinski definition) is 1. The molecule has 0 spiro atoms. The largest absolute Gasteiger partial charge is 0.388 e. The Morgan fingerprint density at radius 2 is 2.24 bits per heavy atom. The van der Waals surface area contributed by atoms with Crippen LogP contribution in [0.5, 0.6) is 0 Å². The highest BCUT2D eigenvalue weighted by Crippen LogP contribution is 2.24. The van der Waals surface area contributed by atoms with Crippen molar-refractivity contribution in [3.05, 3.63) is 52.3 Å². The van der Waals surface area contributed by atoms with Crippen molar-refractivity contribution in [3.8, 4) is 0 Å². The number of hydrogen-bond acceptors (Lipinski definition) is 2. The summed E-state index contributed by atoms with van der Waals surface area (Å²) in [7, 11) is 1.83. The van der Waals surface area contributed by atoms with E-state index in [4.69, 9.17) is 11.6 Å². The maximum Gasteiger partial charge on any atom is 0.0861 e. The van der Waals surface area contributed by atoms with Crippen molar-refractivity contribution < 1.29 is 5.11 Å². The van der Waals surface area contributed by atoms with Gasteiger partial charge in [-0.3, -0.25) is 4.68 Å². The lowest BCUT2D eigenvalue weighted by molar-refractivity contribution is 0.178. The average Bonchev–Trinajstić information content (AvgIpc) is 2.69. The molecular formula is C13H15ClN2O. The quantitative estimate of drug-likeness (QED) is 0.910. The van der Waals surface area contributed by atoms with Crippen molar-refractivity contribution in [1.82, 2.24) is 9.78 Å². The van der Waals surface area contributed by atoms with Gasteiger partial charge in [0.1, 0.15) is 0 Å². The van der Waals surface area contributed by atoms with E-state index in [0.717, 1.165) is 16.7 Å². The van der Waals surface area contributed by atoms with Gasteiger partial charge in [0.05, 0.1) is 12.3 Å². The van der Waals surface area contributed by atoms with Crippen molar-refractivity contribution in [2.24, 2.45) is 7.05 Å². The van der Waals surface area contributed by atoms with Gasteiger partial charge in [-0.2, -0.15) is 5.10 Å².